The molecule has 2 aromatic heterocycles. The van der Waals surface area contributed by atoms with Crippen LogP contribution in [0.3, 0.4) is 0 Å². The minimum absolute atomic E-state index is 0.00337. The number of anilines is 1. The molecule has 0 bridgehead atoms. The topological polar surface area (TPSA) is 87.4 Å². The highest BCUT2D eigenvalue weighted by molar-refractivity contribution is 5.74. The van der Waals surface area contributed by atoms with Gasteiger partial charge in [-0.2, -0.15) is 4.98 Å². The van der Waals surface area contributed by atoms with Crippen LogP contribution >= 0.6 is 0 Å². The van der Waals surface area contributed by atoms with Gasteiger partial charge < -0.3 is 19.6 Å². The number of hydrogen-bond acceptors (Lipinski definition) is 6. The third-order valence-electron chi connectivity index (χ3n) is 4.96. The molecule has 1 aromatic carbocycles. The van der Waals surface area contributed by atoms with Crippen LogP contribution in [-0.2, 0) is 6.42 Å². The number of aryl methyl sites for hydroxylation is 1. The van der Waals surface area contributed by atoms with Gasteiger partial charge in [0.1, 0.15) is 5.82 Å². The predicted octanol–water partition coefficient (Wildman–Crippen LogP) is 2.51. The van der Waals surface area contributed by atoms with E-state index in [9.17, 15) is 4.79 Å². The van der Waals surface area contributed by atoms with E-state index in [0.717, 1.165) is 30.9 Å². The van der Waals surface area contributed by atoms with E-state index in [0.29, 0.717) is 31.3 Å². The van der Waals surface area contributed by atoms with Gasteiger partial charge in [0.05, 0.1) is 0 Å². The molecular formula is C21H24N6O2. The largest absolute Gasteiger partial charge is 0.353 e. The average molecular weight is 392 g/mol. The molecule has 8 nitrogen and oxygen atoms in total. The van der Waals surface area contributed by atoms with Crippen molar-refractivity contribution in [3.63, 3.8) is 0 Å². The van der Waals surface area contributed by atoms with Gasteiger partial charge in [-0.15, -0.1) is 0 Å². The fourth-order valence-electron chi connectivity index (χ4n) is 3.33. The molecule has 0 atom stereocenters. The van der Waals surface area contributed by atoms with Crippen LogP contribution in [0.4, 0.5) is 10.6 Å². The molecule has 8 heteroatoms. The molecule has 0 saturated carbocycles. The number of piperazine rings is 1. The molecule has 4 rings (SSSR count). The van der Waals surface area contributed by atoms with Crippen molar-refractivity contribution < 1.29 is 9.32 Å². The van der Waals surface area contributed by atoms with E-state index in [1.165, 1.54) is 5.56 Å². The maximum Gasteiger partial charge on any atom is 0.317 e. The second kappa shape index (κ2) is 8.72. The molecule has 29 heavy (non-hydrogen) atoms. The number of hydrogen-bond donors (Lipinski definition) is 1. The number of carbonyl (C=O) groups is 1. The Hall–Kier alpha value is -3.42. The van der Waals surface area contributed by atoms with Gasteiger partial charge in [-0.3, -0.25) is 0 Å². The van der Waals surface area contributed by atoms with E-state index >= 15 is 0 Å². The number of nitrogens with zero attached hydrogens (tertiary/aromatic N) is 5. The lowest BCUT2D eigenvalue weighted by Crippen LogP contribution is -2.52. The SMILES string of the molecule is Cc1nc(-c2ccc(N3CCN(C(=O)NCCc4ccccc4)CC3)nc2)no1. The minimum Gasteiger partial charge on any atom is -0.353 e. The summed E-state index contributed by atoms with van der Waals surface area (Å²) in [5, 5.41) is 6.92. The van der Waals surface area contributed by atoms with Crippen molar-refractivity contribution in [3.8, 4) is 11.4 Å². The quantitative estimate of drug-likeness (QED) is 0.718. The summed E-state index contributed by atoms with van der Waals surface area (Å²) in [5.74, 6) is 1.96. The standard InChI is InChI=1S/C21H24N6O2/c1-16-24-20(25-29-16)18-7-8-19(23-15-18)26-11-13-27(14-12-26)21(28)22-10-9-17-5-3-2-4-6-17/h2-8,15H,9-14H2,1H3,(H,22,28). The Kier molecular flexibility index (Phi) is 5.69. The summed E-state index contributed by atoms with van der Waals surface area (Å²) < 4.78 is 5.01. The molecule has 2 amide bonds. The van der Waals surface area contributed by atoms with Gasteiger partial charge in [0.25, 0.3) is 0 Å². The molecule has 0 unspecified atom stereocenters. The van der Waals surface area contributed by atoms with E-state index in [1.54, 1.807) is 13.1 Å². The normalized spacial score (nSPS) is 14.1. The van der Waals surface area contributed by atoms with Crippen LogP contribution < -0.4 is 10.2 Å². The number of amides is 2. The molecule has 1 N–H and O–H groups in total. The highest BCUT2D eigenvalue weighted by atomic mass is 16.5. The first kappa shape index (κ1) is 18.9. The summed E-state index contributed by atoms with van der Waals surface area (Å²) >= 11 is 0. The molecule has 0 spiro atoms. The van der Waals surface area contributed by atoms with Crippen LogP contribution in [0, 0.1) is 6.92 Å². The fraction of sp³-hybridized carbons (Fsp3) is 0.333. The van der Waals surface area contributed by atoms with Gasteiger partial charge in [-0.1, -0.05) is 35.5 Å². The maximum absolute atomic E-state index is 12.4. The lowest BCUT2D eigenvalue weighted by atomic mass is 10.1. The van der Waals surface area contributed by atoms with Crippen molar-refractivity contribution in [1.29, 1.82) is 0 Å². The molecule has 3 heterocycles. The second-order valence-corrected chi connectivity index (χ2v) is 6.98. The van der Waals surface area contributed by atoms with Crippen molar-refractivity contribution in [2.45, 2.75) is 13.3 Å². The first-order chi connectivity index (χ1) is 14.2. The van der Waals surface area contributed by atoms with Gasteiger partial charge in [-0.25, -0.2) is 9.78 Å². The third-order valence-corrected chi connectivity index (χ3v) is 4.96. The predicted molar refractivity (Wildman–Crippen MR) is 110 cm³/mol. The molecule has 1 fully saturated rings. The lowest BCUT2D eigenvalue weighted by molar-refractivity contribution is 0.194. The van der Waals surface area contributed by atoms with E-state index in [4.69, 9.17) is 4.52 Å². The van der Waals surface area contributed by atoms with E-state index in [-0.39, 0.29) is 6.03 Å². The van der Waals surface area contributed by atoms with Gasteiger partial charge in [-0.05, 0) is 24.1 Å². The number of carbonyl (C=O) groups excluding carboxylic acids is 1. The molecule has 1 saturated heterocycles. The number of pyridine rings is 1. The van der Waals surface area contributed by atoms with Crippen LogP contribution in [0.15, 0.2) is 53.2 Å². The van der Waals surface area contributed by atoms with Crippen molar-refractivity contribution in [3.05, 3.63) is 60.1 Å². The number of benzene rings is 1. The zero-order chi connectivity index (χ0) is 20.1. The Morgan fingerprint density at radius 3 is 2.55 bits per heavy atom. The molecule has 1 aliphatic heterocycles. The van der Waals surface area contributed by atoms with E-state index < -0.39 is 0 Å². The zero-order valence-corrected chi connectivity index (χ0v) is 16.4. The summed E-state index contributed by atoms with van der Waals surface area (Å²) in [6.45, 7) is 5.24. The first-order valence-corrected chi connectivity index (χ1v) is 9.77. The summed E-state index contributed by atoms with van der Waals surface area (Å²) in [6, 6.07) is 14.1. The first-order valence-electron chi connectivity index (χ1n) is 9.77. The smallest absolute Gasteiger partial charge is 0.317 e. The van der Waals surface area contributed by atoms with Crippen molar-refractivity contribution in [2.75, 3.05) is 37.6 Å². The van der Waals surface area contributed by atoms with E-state index in [2.05, 4.69) is 37.5 Å². The second-order valence-electron chi connectivity index (χ2n) is 6.98. The van der Waals surface area contributed by atoms with Crippen LogP contribution in [0.2, 0.25) is 0 Å². The lowest BCUT2D eigenvalue weighted by Gasteiger charge is -2.35. The van der Waals surface area contributed by atoms with Crippen LogP contribution in [-0.4, -0.2) is 58.8 Å². The Bertz CT molecular complexity index is 933. The zero-order valence-electron chi connectivity index (χ0n) is 16.4. The van der Waals surface area contributed by atoms with Crippen LogP contribution in [0.25, 0.3) is 11.4 Å². The summed E-state index contributed by atoms with van der Waals surface area (Å²) in [6.07, 6.45) is 2.59. The molecular weight excluding hydrogens is 368 g/mol. The maximum atomic E-state index is 12.4. The van der Waals surface area contributed by atoms with Crippen molar-refractivity contribution in [1.82, 2.24) is 25.3 Å². The van der Waals surface area contributed by atoms with Gasteiger partial charge in [0.15, 0.2) is 0 Å². The number of aromatic nitrogens is 3. The number of nitrogens with one attached hydrogen (secondary N) is 1. The van der Waals surface area contributed by atoms with Crippen molar-refractivity contribution >= 4 is 11.8 Å². The highest BCUT2D eigenvalue weighted by Crippen LogP contribution is 2.19. The molecule has 0 radical (unpaired) electrons. The van der Waals surface area contributed by atoms with E-state index in [1.807, 2.05) is 35.2 Å². The number of rotatable bonds is 5. The van der Waals surface area contributed by atoms with Crippen molar-refractivity contribution in [2.24, 2.45) is 0 Å². The summed E-state index contributed by atoms with van der Waals surface area (Å²) in [7, 11) is 0. The monoisotopic (exact) mass is 392 g/mol. The van der Waals surface area contributed by atoms with Gasteiger partial charge in [0, 0.05) is 51.4 Å². The van der Waals surface area contributed by atoms with Gasteiger partial charge in [0.2, 0.25) is 11.7 Å². The van der Waals surface area contributed by atoms with Gasteiger partial charge >= 0.3 is 6.03 Å². The third kappa shape index (κ3) is 4.71. The Balaban J connectivity index is 1.25. The molecule has 1 aliphatic rings. The fourth-order valence-corrected chi connectivity index (χ4v) is 3.33. The molecule has 3 aromatic rings. The molecule has 150 valence electrons. The Labute approximate surface area is 169 Å². The minimum atomic E-state index is -0.00337. The molecule has 0 aliphatic carbocycles. The Morgan fingerprint density at radius 2 is 1.90 bits per heavy atom. The van der Waals surface area contributed by atoms with Crippen LogP contribution in [0.5, 0.6) is 0 Å². The average Bonchev–Trinajstić information content (AvgIpc) is 3.21. The number of urea groups is 1. The summed E-state index contributed by atoms with van der Waals surface area (Å²) in [5.41, 5.74) is 2.05. The highest BCUT2D eigenvalue weighted by Gasteiger charge is 2.21. The Morgan fingerprint density at radius 1 is 1.10 bits per heavy atom. The van der Waals surface area contributed by atoms with Crippen LogP contribution in [0.1, 0.15) is 11.5 Å². The summed E-state index contributed by atoms with van der Waals surface area (Å²) in [4.78, 5) is 25.2.